The molecule has 0 saturated heterocycles. The van der Waals surface area contributed by atoms with E-state index < -0.39 is 18.0 Å². The van der Waals surface area contributed by atoms with Gasteiger partial charge in [-0.25, -0.2) is 8.78 Å². The number of nitrogens with one attached hydrogen (secondary N) is 1. The van der Waals surface area contributed by atoms with Gasteiger partial charge in [0.15, 0.2) is 0 Å². The molecule has 1 heterocycles. The van der Waals surface area contributed by atoms with E-state index in [9.17, 15) is 22.0 Å². The number of halogens is 5. The largest absolute Gasteiger partial charge is 0.573 e. The topological polar surface area (TPSA) is 25.0 Å². The molecule has 3 rings (SSSR count). The minimum absolute atomic E-state index is 0.131. The molecule has 2 nitrogen and oxygen atoms in total. The molecule has 0 fully saturated rings. The quantitative estimate of drug-likeness (QED) is 0.661. The van der Waals surface area contributed by atoms with Gasteiger partial charge in [0, 0.05) is 17.1 Å². The summed E-state index contributed by atoms with van der Waals surface area (Å²) < 4.78 is 66.8. The minimum atomic E-state index is -4.76. The molecule has 7 heteroatoms. The van der Waals surface area contributed by atoms with E-state index in [0.29, 0.717) is 16.6 Å². The Bertz CT molecular complexity index is 820. The zero-order chi connectivity index (χ0) is 15.9. The minimum Gasteiger partial charge on any atom is -0.406 e. The number of benzene rings is 2. The third-order valence-corrected chi connectivity index (χ3v) is 3.04. The Kier molecular flexibility index (Phi) is 3.27. The highest BCUT2D eigenvalue weighted by molar-refractivity contribution is 5.86. The molecule has 0 aliphatic carbocycles. The van der Waals surface area contributed by atoms with Crippen molar-refractivity contribution >= 4 is 10.9 Å². The van der Waals surface area contributed by atoms with Gasteiger partial charge >= 0.3 is 6.36 Å². The molecule has 0 unspecified atom stereocenters. The van der Waals surface area contributed by atoms with Crippen molar-refractivity contribution in [3.63, 3.8) is 0 Å². The van der Waals surface area contributed by atoms with Crippen LogP contribution in [0.2, 0.25) is 0 Å². The zero-order valence-electron chi connectivity index (χ0n) is 10.8. The fourth-order valence-electron chi connectivity index (χ4n) is 2.16. The van der Waals surface area contributed by atoms with E-state index in [1.807, 2.05) is 0 Å². The van der Waals surface area contributed by atoms with Gasteiger partial charge in [0.1, 0.15) is 17.4 Å². The Hall–Kier alpha value is -2.57. The van der Waals surface area contributed by atoms with Gasteiger partial charge in [-0.2, -0.15) is 0 Å². The van der Waals surface area contributed by atoms with Gasteiger partial charge in [-0.3, -0.25) is 0 Å². The van der Waals surface area contributed by atoms with Crippen LogP contribution in [-0.4, -0.2) is 11.3 Å². The van der Waals surface area contributed by atoms with Crippen molar-refractivity contribution in [2.24, 2.45) is 0 Å². The van der Waals surface area contributed by atoms with Gasteiger partial charge in [-0.05, 0) is 42.0 Å². The molecule has 1 aromatic heterocycles. The number of aromatic nitrogens is 1. The Balaban J connectivity index is 1.96. The first-order valence-corrected chi connectivity index (χ1v) is 6.16. The molecule has 0 atom stereocenters. The van der Waals surface area contributed by atoms with E-state index in [0.717, 1.165) is 18.2 Å². The van der Waals surface area contributed by atoms with E-state index in [1.54, 1.807) is 0 Å². The number of aromatic amines is 1. The average molecular weight is 313 g/mol. The molecular weight excluding hydrogens is 305 g/mol. The van der Waals surface area contributed by atoms with E-state index in [2.05, 4.69) is 9.72 Å². The predicted molar refractivity (Wildman–Crippen MR) is 70.3 cm³/mol. The van der Waals surface area contributed by atoms with Crippen LogP contribution >= 0.6 is 0 Å². The monoisotopic (exact) mass is 313 g/mol. The Morgan fingerprint density at radius 1 is 0.909 bits per heavy atom. The van der Waals surface area contributed by atoms with Crippen LogP contribution in [-0.2, 0) is 0 Å². The Morgan fingerprint density at radius 3 is 2.23 bits per heavy atom. The average Bonchev–Trinajstić information content (AvgIpc) is 2.81. The van der Waals surface area contributed by atoms with Crippen molar-refractivity contribution in [2.45, 2.75) is 6.36 Å². The summed E-state index contributed by atoms with van der Waals surface area (Å²) in [5.41, 5.74) is 1.11. The van der Waals surface area contributed by atoms with E-state index >= 15 is 0 Å². The first-order valence-electron chi connectivity index (χ1n) is 6.16. The van der Waals surface area contributed by atoms with Crippen molar-refractivity contribution < 1.29 is 26.7 Å². The van der Waals surface area contributed by atoms with Crippen LogP contribution in [0.5, 0.6) is 5.75 Å². The van der Waals surface area contributed by atoms with Crippen molar-refractivity contribution in [3.8, 4) is 17.0 Å². The van der Waals surface area contributed by atoms with Gasteiger partial charge < -0.3 is 9.72 Å². The third-order valence-electron chi connectivity index (χ3n) is 3.04. The van der Waals surface area contributed by atoms with E-state index in [1.165, 1.54) is 24.3 Å². The first-order chi connectivity index (χ1) is 10.3. The summed E-state index contributed by atoms with van der Waals surface area (Å²) in [6.07, 6.45) is -4.76. The summed E-state index contributed by atoms with van der Waals surface area (Å²) in [7, 11) is 0. The highest BCUT2D eigenvalue weighted by atomic mass is 19.4. The lowest BCUT2D eigenvalue weighted by Crippen LogP contribution is -2.16. The lowest BCUT2D eigenvalue weighted by Gasteiger charge is -2.08. The number of ether oxygens (including phenoxy) is 1. The molecule has 0 amide bonds. The summed E-state index contributed by atoms with van der Waals surface area (Å²) in [6, 6.07) is 8.50. The van der Waals surface area contributed by atoms with Crippen LogP contribution in [0.3, 0.4) is 0 Å². The molecule has 0 bridgehead atoms. The molecule has 114 valence electrons. The second kappa shape index (κ2) is 5.01. The summed E-state index contributed by atoms with van der Waals surface area (Å²) in [4.78, 5) is 2.77. The molecule has 0 saturated carbocycles. The highest BCUT2D eigenvalue weighted by Crippen LogP contribution is 2.29. The Morgan fingerprint density at radius 2 is 1.59 bits per heavy atom. The van der Waals surface area contributed by atoms with Crippen molar-refractivity contribution in [1.29, 1.82) is 0 Å². The van der Waals surface area contributed by atoms with Crippen molar-refractivity contribution in [1.82, 2.24) is 4.98 Å². The SMILES string of the molecule is Fc1cc(F)c2[nH]c(-c3ccc(OC(F)(F)F)cc3)cc2c1. The molecule has 3 aromatic rings. The maximum atomic E-state index is 13.6. The highest BCUT2D eigenvalue weighted by Gasteiger charge is 2.30. The lowest BCUT2D eigenvalue weighted by atomic mass is 10.1. The molecule has 22 heavy (non-hydrogen) atoms. The molecule has 0 aliphatic heterocycles. The third kappa shape index (κ3) is 2.88. The fourth-order valence-corrected chi connectivity index (χ4v) is 2.16. The molecule has 0 aliphatic rings. The number of H-pyrrole nitrogens is 1. The first kappa shape index (κ1) is 14.4. The second-order valence-corrected chi connectivity index (χ2v) is 4.61. The molecule has 1 N–H and O–H groups in total. The summed E-state index contributed by atoms with van der Waals surface area (Å²) in [5.74, 6) is -1.80. The standard InChI is InChI=1S/C15H8F5NO/c16-10-5-9-6-13(21-14(9)12(17)7-10)8-1-3-11(4-2-8)22-15(18,19)20/h1-7,21H. The molecule has 0 radical (unpaired) electrons. The van der Waals surface area contributed by atoms with Crippen LogP contribution in [0.1, 0.15) is 0 Å². The van der Waals surface area contributed by atoms with Crippen LogP contribution < -0.4 is 4.74 Å². The zero-order valence-corrected chi connectivity index (χ0v) is 10.8. The normalized spacial score (nSPS) is 11.9. The van der Waals surface area contributed by atoms with Crippen LogP contribution in [0.15, 0.2) is 42.5 Å². The number of alkyl halides is 3. The smallest absolute Gasteiger partial charge is 0.406 e. The predicted octanol–water partition coefficient (Wildman–Crippen LogP) is 5.01. The molecule has 0 spiro atoms. The number of fused-ring (bicyclic) bond motifs is 1. The van der Waals surface area contributed by atoms with Gasteiger partial charge in [-0.15, -0.1) is 13.2 Å². The van der Waals surface area contributed by atoms with Crippen LogP contribution in [0.4, 0.5) is 22.0 Å². The number of hydrogen-bond donors (Lipinski definition) is 1. The molecule has 2 aromatic carbocycles. The van der Waals surface area contributed by atoms with E-state index in [4.69, 9.17) is 0 Å². The maximum absolute atomic E-state index is 13.6. The maximum Gasteiger partial charge on any atom is 0.573 e. The summed E-state index contributed by atoms with van der Waals surface area (Å²) >= 11 is 0. The summed E-state index contributed by atoms with van der Waals surface area (Å²) in [6.45, 7) is 0. The van der Waals surface area contributed by atoms with Gasteiger partial charge in [0.25, 0.3) is 0 Å². The van der Waals surface area contributed by atoms with Gasteiger partial charge in [-0.1, -0.05) is 0 Å². The van der Waals surface area contributed by atoms with Crippen LogP contribution in [0, 0.1) is 11.6 Å². The molecular formula is C15H8F5NO. The van der Waals surface area contributed by atoms with E-state index in [-0.39, 0.29) is 11.3 Å². The number of rotatable bonds is 2. The van der Waals surface area contributed by atoms with Gasteiger partial charge in [0.05, 0.1) is 5.52 Å². The second-order valence-electron chi connectivity index (χ2n) is 4.61. The lowest BCUT2D eigenvalue weighted by molar-refractivity contribution is -0.274. The Labute approximate surface area is 121 Å². The summed E-state index contributed by atoms with van der Waals surface area (Å²) in [5, 5.41) is 0.336. The van der Waals surface area contributed by atoms with Crippen LogP contribution in [0.25, 0.3) is 22.2 Å². The van der Waals surface area contributed by atoms with Crippen molar-refractivity contribution in [2.75, 3.05) is 0 Å². The fraction of sp³-hybridized carbons (Fsp3) is 0.0667. The number of hydrogen-bond acceptors (Lipinski definition) is 1. The van der Waals surface area contributed by atoms with Gasteiger partial charge in [0.2, 0.25) is 0 Å². The van der Waals surface area contributed by atoms with Crippen molar-refractivity contribution in [3.05, 3.63) is 54.1 Å².